The van der Waals surface area contributed by atoms with Gasteiger partial charge in [0.2, 0.25) is 0 Å². The highest BCUT2D eigenvalue weighted by Crippen LogP contribution is 2.50. The number of nitrogens with zero attached hydrogens (tertiary/aromatic N) is 2. The largest absolute Gasteiger partial charge is 0.487 e. The number of carbonyl (C=O) groups is 1. The van der Waals surface area contributed by atoms with Gasteiger partial charge in [0.25, 0.3) is 0 Å². The first-order valence-corrected chi connectivity index (χ1v) is 14.3. The minimum absolute atomic E-state index is 0.0242. The zero-order valence-corrected chi connectivity index (χ0v) is 25.9. The highest BCUT2D eigenvalue weighted by atomic mass is 79.9. The molecule has 200 valence electrons. The zero-order chi connectivity index (χ0) is 27.8. The van der Waals surface area contributed by atoms with Gasteiger partial charge in [-0.05, 0) is 79.1 Å². The van der Waals surface area contributed by atoms with E-state index in [0.717, 1.165) is 16.8 Å². The van der Waals surface area contributed by atoms with Gasteiger partial charge in [-0.2, -0.15) is 5.26 Å². The molecule has 38 heavy (non-hydrogen) atoms. The molecule has 2 aromatic rings. The Morgan fingerprint density at radius 2 is 1.84 bits per heavy atom. The summed E-state index contributed by atoms with van der Waals surface area (Å²) < 4.78 is 12.7. The van der Waals surface area contributed by atoms with Crippen molar-refractivity contribution in [3.8, 4) is 11.8 Å². The van der Waals surface area contributed by atoms with Gasteiger partial charge in [-0.25, -0.2) is 0 Å². The van der Waals surface area contributed by atoms with Gasteiger partial charge in [-0.3, -0.25) is 4.79 Å². The van der Waals surface area contributed by atoms with E-state index in [1.54, 1.807) is 19.2 Å². The quantitative estimate of drug-likeness (QED) is 0.326. The topological polar surface area (TPSA) is 88.6 Å². The molecular formula is C28H27Br2Cl2N3O3. The van der Waals surface area contributed by atoms with E-state index >= 15 is 0 Å². The predicted octanol–water partition coefficient (Wildman–Crippen LogP) is 7.48. The molecule has 0 saturated carbocycles. The smallest absolute Gasteiger partial charge is 0.162 e. The lowest BCUT2D eigenvalue weighted by molar-refractivity contribution is -0.118. The number of Topliss-reactive ketones (excluding diaryl/α,β-unsaturated/α-hetero) is 1. The number of ketones is 1. The van der Waals surface area contributed by atoms with Gasteiger partial charge in [0.05, 0.1) is 43.2 Å². The van der Waals surface area contributed by atoms with Crippen LogP contribution in [-0.2, 0) is 16.1 Å². The van der Waals surface area contributed by atoms with E-state index in [9.17, 15) is 10.1 Å². The molecule has 2 aromatic carbocycles. The molecule has 1 heterocycles. The number of benzene rings is 2. The number of hydrogen-bond acceptors (Lipinski definition) is 6. The van der Waals surface area contributed by atoms with Crippen molar-refractivity contribution in [1.82, 2.24) is 4.90 Å². The second-order valence-corrected chi connectivity index (χ2v) is 12.7. The van der Waals surface area contributed by atoms with Crippen LogP contribution < -0.4 is 10.5 Å². The van der Waals surface area contributed by atoms with Crippen LogP contribution in [0.15, 0.2) is 61.9 Å². The third-order valence-electron chi connectivity index (χ3n) is 6.73. The molecule has 0 spiro atoms. The first-order chi connectivity index (χ1) is 18.0. The minimum atomic E-state index is -0.589. The highest BCUT2D eigenvalue weighted by molar-refractivity contribution is 9.11. The predicted molar refractivity (Wildman–Crippen MR) is 156 cm³/mol. The summed E-state index contributed by atoms with van der Waals surface area (Å²) in [4.78, 5) is 15.5. The molecule has 0 radical (unpaired) electrons. The molecule has 1 atom stereocenters. The van der Waals surface area contributed by atoms with Crippen molar-refractivity contribution < 1.29 is 14.3 Å². The minimum Gasteiger partial charge on any atom is -0.487 e. The van der Waals surface area contributed by atoms with Crippen LogP contribution in [0.25, 0.3) is 0 Å². The summed E-state index contributed by atoms with van der Waals surface area (Å²) in [7, 11) is 1.61. The van der Waals surface area contributed by atoms with E-state index in [2.05, 4.69) is 51.8 Å². The fraction of sp³-hybridized carbons (Fsp3) is 0.357. The van der Waals surface area contributed by atoms with Gasteiger partial charge in [0.15, 0.2) is 5.78 Å². The van der Waals surface area contributed by atoms with Crippen LogP contribution in [0.4, 0.5) is 0 Å². The summed E-state index contributed by atoms with van der Waals surface area (Å²) in [6, 6.07) is 11.4. The van der Waals surface area contributed by atoms with E-state index in [4.69, 9.17) is 38.4 Å². The monoisotopic (exact) mass is 681 g/mol. The lowest BCUT2D eigenvalue weighted by Gasteiger charge is -2.43. The van der Waals surface area contributed by atoms with E-state index in [-0.39, 0.29) is 17.8 Å². The van der Waals surface area contributed by atoms with Gasteiger partial charge >= 0.3 is 0 Å². The van der Waals surface area contributed by atoms with Crippen LogP contribution in [0.3, 0.4) is 0 Å². The van der Waals surface area contributed by atoms with Crippen LogP contribution in [0.1, 0.15) is 43.7 Å². The van der Waals surface area contributed by atoms with E-state index in [0.29, 0.717) is 67.7 Å². The standard InChI is InChI=1S/C28H27Br2Cl2N3O3/c1-28(2)11-22-25(23(36)12-28)24(17(13-33)27(34)35(22)6-7-37-3)16-9-18(29)26(19(30)10-16)38-14-15-4-5-20(31)21(32)8-15/h4-5,8-10,24H,6-7,11-12,14,34H2,1-3H3/t24-/m0/s1. The summed E-state index contributed by atoms with van der Waals surface area (Å²) in [6.07, 6.45) is 1.06. The number of ether oxygens (including phenoxy) is 2. The average molecular weight is 684 g/mol. The van der Waals surface area contributed by atoms with Crippen molar-refractivity contribution in [3.05, 3.63) is 83.1 Å². The second-order valence-electron chi connectivity index (χ2n) is 10.1. The van der Waals surface area contributed by atoms with Crippen molar-refractivity contribution in [1.29, 1.82) is 5.26 Å². The van der Waals surface area contributed by atoms with Gasteiger partial charge in [-0.15, -0.1) is 0 Å². The molecule has 2 N–H and O–H groups in total. The Morgan fingerprint density at radius 3 is 2.45 bits per heavy atom. The van der Waals surface area contributed by atoms with Crippen molar-refractivity contribution in [2.75, 3.05) is 20.3 Å². The summed E-state index contributed by atoms with van der Waals surface area (Å²) in [5.41, 5.74) is 9.82. The fourth-order valence-corrected chi connectivity index (χ4v) is 6.79. The molecule has 0 bridgehead atoms. The van der Waals surface area contributed by atoms with E-state index in [1.807, 2.05) is 23.1 Å². The van der Waals surface area contributed by atoms with Crippen LogP contribution in [0.2, 0.25) is 10.0 Å². The van der Waals surface area contributed by atoms with Crippen LogP contribution in [0, 0.1) is 16.7 Å². The normalized spacial score (nSPS) is 18.9. The summed E-state index contributed by atoms with van der Waals surface area (Å²) in [5, 5.41) is 11.1. The summed E-state index contributed by atoms with van der Waals surface area (Å²) >= 11 is 19.4. The molecule has 0 fully saturated rings. The number of nitriles is 1. The number of carbonyl (C=O) groups excluding carboxylic acids is 1. The Labute approximate surface area is 249 Å². The van der Waals surface area contributed by atoms with Crippen LogP contribution in [-0.4, -0.2) is 30.9 Å². The third kappa shape index (κ3) is 5.78. The van der Waals surface area contributed by atoms with Crippen molar-refractivity contribution in [3.63, 3.8) is 0 Å². The van der Waals surface area contributed by atoms with Crippen molar-refractivity contribution in [2.45, 2.75) is 39.2 Å². The Balaban J connectivity index is 1.75. The summed E-state index contributed by atoms with van der Waals surface area (Å²) in [6.45, 7) is 5.29. The van der Waals surface area contributed by atoms with Gasteiger partial charge in [0.1, 0.15) is 18.2 Å². The van der Waals surface area contributed by atoms with Crippen LogP contribution in [0.5, 0.6) is 5.75 Å². The molecule has 6 nitrogen and oxygen atoms in total. The van der Waals surface area contributed by atoms with Crippen molar-refractivity contribution in [2.24, 2.45) is 11.1 Å². The fourth-order valence-electron chi connectivity index (χ4n) is 5.02. The maximum absolute atomic E-state index is 13.6. The molecule has 0 amide bonds. The number of methoxy groups -OCH3 is 1. The first kappa shape index (κ1) is 29.0. The van der Waals surface area contributed by atoms with Gasteiger partial charge in [-0.1, -0.05) is 43.1 Å². The Bertz CT molecular complexity index is 1380. The number of rotatable bonds is 7. The van der Waals surface area contributed by atoms with Gasteiger partial charge in [0, 0.05) is 31.3 Å². The van der Waals surface area contributed by atoms with Crippen molar-refractivity contribution >= 4 is 60.8 Å². The Morgan fingerprint density at radius 1 is 1.16 bits per heavy atom. The number of allylic oxidation sites excluding steroid dienone is 3. The lowest BCUT2D eigenvalue weighted by Crippen LogP contribution is -2.43. The SMILES string of the molecule is COCCN1C(N)=C(C#N)[C@H](c2cc(Br)c(OCc3ccc(Cl)c(Cl)c3)c(Br)c2)C2=C1CC(C)(C)CC2=O. The van der Waals surface area contributed by atoms with E-state index < -0.39 is 5.92 Å². The highest BCUT2D eigenvalue weighted by Gasteiger charge is 2.44. The lowest BCUT2D eigenvalue weighted by atomic mass is 9.68. The molecule has 10 heteroatoms. The van der Waals surface area contributed by atoms with E-state index in [1.165, 1.54) is 0 Å². The molecule has 1 aliphatic heterocycles. The zero-order valence-electron chi connectivity index (χ0n) is 21.2. The second kappa shape index (κ2) is 11.6. The molecule has 4 rings (SSSR count). The molecule has 2 aliphatic rings. The number of hydrogen-bond donors (Lipinski definition) is 1. The number of nitrogens with two attached hydrogens (primary N) is 1. The molecular weight excluding hydrogens is 657 g/mol. The Hall–Kier alpha value is -2.02. The first-order valence-electron chi connectivity index (χ1n) is 12.0. The number of halogens is 4. The average Bonchev–Trinajstić information content (AvgIpc) is 2.83. The Kier molecular flexibility index (Phi) is 8.85. The molecule has 0 aromatic heterocycles. The molecule has 1 aliphatic carbocycles. The maximum Gasteiger partial charge on any atom is 0.162 e. The maximum atomic E-state index is 13.6. The van der Waals surface area contributed by atoms with Gasteiger partial charge < -0.3 is 20.1 Å². The van der Waals surface area contributed by atoms with Crippen LogP contribution >= 0.6 is 55.1 Å². The third-order valence-corrected chi connectivity index (χ3v) is 8.64. The molecule has 0 saturated heterocycles. The summed E-state index contributed by atoms with van der Waals surface area (Å²) in [5.74, 6) is 0.370. The molecule has 0 unspecified atom stereocenters.